The van der Waals surface area contributed by atoms with Crippen LogP contribution in [0.2, 0.25) is 0 Å². The molecule has 1 aromatic rings. The number of nitrogens with two attached hydrogens (primary N) is 1. The van der Waals surface area contributed by atoms with E-state index in [1.807, 2.05) is 13.0 Å². The Hall–Kier alpha value is -1.36. The van der Waals surface area contributed by atoms with Crippen LogP contribution in [0.3, 0.4) is 0 Å². The van der Waals surface area contributed by atoms with Crippen molar-refractivity contribution in [3.63, 3.8) is 0 Å². The zero-order valence-corrected chi connectivity index (χ0v) is 13.3. The maximum absolute atomic E-state index is 5.94. The Balaban J connectivity index is 1.84. The molecule has 0 atom stereocenters. The molecule has 5 heteroatoms. The Kier molecular flexibility index (Phi) is 6.23. The first-order valence-electron chi connectivity index (χ1n) is 8.15. The summed E-state index contributed by atoms with van der Waals surface area (Å²) in [5.74, 6) is 2.03. The monoisotopic (exact) mass is 292 g/mol. The highest BCUT2D eigenvalue weighted by Gasteiger charge is 2.18. The molecule has 1 aliphatic carbocycles. The molecule has 2 rings (SSSR count). The fraction of sp³-hybridized carbons (Fsp3) is 0.750. The van der Waals surface area contributed by atoms with Crippen molar-refractivity contribution in [2.24, 2.45) is 11.7 Å². The van der Waals surface area contributed by atoms with Crippen LogP contribution in [-0.4, -0.2) is 29.2 Å². The minimum absolute atomic E-state index is 0.398. The molecule has 0 radical (unpaired) electrons. The van der Waals surface area contributed by atoms with E-state index in [-0.39, 0.29) is 0 Å². The quantitative estimate of drug-likeness (QED) is 0.756. The van der Waals surface area contributed by atoms with Gasteiger partial charge in [-0.05, 0) is 44.9 Å². The smallest absolute Gasteiger partial charge is 0.226 e. The van der Waals surface area contributed by atoms with Crippen LogP contribution in [0.4, 0.5) is 5.95 Å². The van der Waals surface area contributed by atoms with Gasteiger partial charge < -0.3 is 15.8 Å². The Bertz CT molecular complexity index is 430. The summed E-state index contributed by atoms with van der Waals surface area (Å²) in [5, 5.41) is 3.36. The van der Waals surface area contributed by atoms with Gasteiger partial charge in [0.1, 0.15) is 0 Å². The van der Waals surface area contributed by atoms with Gasteiger partial charge >= 0.3 is 0 Å². The molecule has 0 spiro atoms. The number of ether oxygens (including phenoxy) is 1. The molecular weight excluding hydrogens is 264 g/mol. The van der Waals surface area contributed by atoms with Gasteiger partial charge in [0.15, 0.2) is 0 Å². The summed E-state index contributed by atoms with van der Waals surface area (Å²) in [6.07, 6.45) is 6.83. The van der Waals surface area contributed by atoms with Crippen LogP contribution in [-0.2, 0) is 0 Å². The van der Waals surface area contributed by atoms with E-state index in [9.17, 15) is 0 Å². The normalized spacial score (nSPS) is 22.0. The summed E-state index contributed by atoms with van der Waals surface area (Å²) in [6.45, 7) is 5.76. The number of aryl methyl sites for hydroxylation is 1. The second-order valence-corrected chi connectivity index (χ2v) is 6.03. The summed E-state index contributed by atoms with van der Waals surface area (Å²) in [5.41, 5.74) is 6.88. The number of nitrogens with one attached hydrogen (secondary N) is 1. The van der Waals surface area contributed by atoms with E-state index in [0.717, 1.165) is 37.9 Å². The molecule has 0 aliphatic heterocycles. The molecule has 1 fully saturated rings. The molecule has 1 aliphatic rings. The van der Waals surface area contributed by atoms with E-state index in [1.54, 1.807) is 0 Å². The van der Waals surface area contributed by atoms with Crippen molar-refractivity contribution in [2.45, 2.75) is 58.4 Å². The first-order chi connectivity index (χ1) is 10.2. The number of unbranched alkanes of at least 4 members (excludes halogenated alkanes) is 1. The molecule has 1 saturated carbocycles. The third kappa shape index (κ3) is 5.50. The molecule has 21 heavy (non-hydrogen) atoms. The van der Waals surface area contributed by atoms with Crippen LogP contribution in [0.15, 0.2) is 6.07 Å². The second kappa shape index (κ2) is 8.17. The Morgan fingerprint density at radius 3 is 2.76 bits per heavy atom. The van der Waals surface area contributed by atoms with Crippen molar-refractivity contribution in [3.8, 4) is 5.88 Å². The van der Waals surface area contributed by atoms with Gasteiger partial charge in [0.25, 0.3) is 0 Å². The van der Waals surface area contributed by atoms with Crippen molar-refractivity contribution in [1.82, 2.24) is 9.97 Å². The lowest BCUT2D eigenvalue weighted by Crippen LogP contribution is -2.29. The standard InChI is InChI=1S/C16H28N4O/c1-3-4-9-21-15-10-12(2)19-16(20-15)18-11-13-5-7-14(17)8-6-13/h10,13-14H,3-9,11,17H2,1-2H3,(H,18,19,20)/t13-,14-. The van der Waals surface area contributed by atoms with Crippen LogP contribution >= 0.6 is 0 Å². The summed E-state index contributed by atoms with van der Waals surface area (Å²) in [7, 11) is 0. The van der Waals surface area contributed by atoms with Gasteiger partial charge in [-0.15, -0.1) is 0 Å². The number of rotatable bonds is 7. The maximum Gasteiger partial charge on any atom is 0.226 e. The van der Waals surface area contributed by atoms with Gasteiger partial charge in [-0.1, -0.05) is 13.3 Å². The van der Waals surface area contributed by atoms with Gasteiger partial charge in [-0.3, -0.25) is 0 Å². The molecule has 0 saturated heterocycles. The Morgan fingerprint density at radius 1 is 1.29 bits per heavy atom. The molecular formula is C16H28N4O. The van der Waals surface area contributed by atoms with Gasteiger partial charge in [0.2, 0.25) is 11.8 Å². The Labute approximate surface area is 127 Å². The molecule has 0 bridgehead atoms. The lowest BCUT2D eigenvalue weighted by Gasteiger charge is -2.26. The number of aromatic nitrogens is 2. The summed E-state index contributed by atoms with van der Waals surface area (Å²) in [4.78, 5) is 8.87. The van der Waals surface area contributed by atoms with Gasteiger partial charge in [-0.2, -0.15) is 4.98 Å². The van der Waals surface area contributed by atoms with Crippen LogP contribution in [0.25, 0.3) is 0 Å². The van der Waals surface area contributed by atoms with Gasteiger partial charge in [-0.25, -0.2) is 4.98 Å². The Morgan fingerprint density at radius 2 is 2.05 bits per heavy atom. The number of hydrogen-bond donors (Lipinski definition) is 2. The van der Waals surface area contributed by atoms with Crippen molar-refractivity contribution in [2.75, 3.05) is 18.5 Å². The van der Waals surface area contributed by atoms with E-state index >= 15 is 0 Å². The third-order valence-corrected chi connectivity index (χ3v) is 4.02. The second-order valence-electron chi connectivity index (χ2n) is 6.03. The van der Waals surface area contributed by atoms with E-state index < -0.39 is 0 Å². The molecule has 0 amide bonds. The first-order valence-corrected chi connectivity index (χ1v) is 8.15. The van der Waals surface area contributed by atoms with E-state index in [2.05, 4.69) is 22.2 Å². The topological polar surface area (TPSA) is 73.1 Å². The predicted octanol–water partition coefficient (Wildman–Crippen LogP) is 2.89. The summed E-state index contributed by atoms with van der Waals surface area (Å²) < 4.78 is 5.67. The van der Waals surface area contributed by atoms with Crippen molar-refractivity contribution in [3.05, 3.63) is 11.8 Å². The molecule has 3 N–H and O–H groups in total. The third-order valence-electron chi connectivity index (χ3n) is 4.02. The highest BCUT2D eigenvalue weighted by molar-refractivity contribution is 5.30. The number of hydrogen-bond acceptors (Lipinski definition) is 5. The number of anilines is 1. The van der Waals surface area contributed by atoms with Crippen LogP contribution in [0, 0.1) is 12.8 Å². The van der Waals surface area contributed by atoms with E-state index in [4.69, 9.17) is 10.5 Å². The summed E-state index contributed by atoms with van der Waals surface area (Å²) >= 11 is 0. The van der Waals surface area contributed by atoms with Crippen molar-refractivity contribution in [1.29, 1.82) is 0 Å². The SMILES string of the molecule is CCCCOc1cc(C)nc(NC[C@H]2CC[C@H](N)CC2)n1. The van der Waals surface area contributed by atoms with E-state index in [1.165, 1.54) is 12.8 Å². The fourth-order valence-corrected chi connectivity index (χ4v) is 2.64. The first kappa shape index (κ1) is 16.0. The lowest BCUT2D eigenvalue weighted by atomic mass is 9.86. The predicted molar refractivity (Wildman–Crippen MR) is 85.6 cm³/mol. The molecule has 1 heterocycles. The zero-order valence-electron chi connectivity index (χ0n) is 13.3. The largest absolute Gasteiger partial charge is 0.478 e. The van der Waals surface area contributed by atoms with Crippen LogP contribution in [0.1, 0.15) is 51.1 Å². The molecule has 5 nitrogen and oxygen atoms in total. The van der Waals surface area contributed by atoms with Crippen LogP contribution in [0.5, 0.6) is 5.88 Å². The number of nitrogens with zero attached hydrogens (tertiary/aromatic N) is 2. The minimum Gasteiger partial charge on any atom is -0.478 e. The van der Waals surface area contributed by atoms with Crippen molar-refractivity contribution < 1.29 is 4.74 Å². The molecule has 0 aromatic carbocycles. The average molecular weight is 292 g/mol. The highest BCUT2D eigenvalue weighted by Crippen LogP contribution is 2.23. The van der Waals surface area contributed by atoms with Crippen LogP contribution < -0.4 is 15.8 Å². The molecule has 1 aromatic heterocycles. The van der Waals surface area contributed by atoms with Gasteiger partial charge in [0.05, 0.1) is 6.61 Å². The summed E-state index contributed by atoms with van der Waals surface area (Å²) in [6, 6.07) is 2.29. The maximum atomic E-state index is 5.94. The molecule has 0 unspecified atom stereocenters. The molecule has 118 valence electrons. The lowest BCUT2D eigenvalue weighted by molar-refractivity contribution is 0.297. The zero-order chi connectivity index (χ0) is 15.1. The van der Waals surface area contributed by atoms with Crippen molar-refractivity contribution >= 4 is 5.95 Å². The minimum atomic E-state index is 0.398. The van der Waals surface area contributed by atoms with Gasteiger partial charge in [0, 0.05) is 24.3 Å². The highest BCUT2D eigenvalue weighted by atomic mass is 16.5. The van der Waals surface area contributed by atoms with E-state index in [0.29, 0.717) is 30.4 Å². The average Bonchev–Trinajstić information content (AvgIpc) is 2.46. The fourth-order valence-electron chi connectivity index (χ4n) is 2.64.